The van der Waals surface area contributed by atoms with E-state index < -0.39 is 0 Å². The third-order valence-corrected chi connectivity index (χ3v) is 4.74. The van der Waals surface area contributed by atoms with Crippen molar-refractivity contribution in [2.24, 2.45) is 5.92 Å². The average molecular weight is 259 g/mol. The van der Waals surface area contributed by atoms with Crippen LogP contribution < -0.4 is 5.32 Å². The lowest BCUT2D eigenvalue weighted by Gasteiger charge is -2.31. The number of nitrogens with one attached hydrogen (secondary N) is 1. The molecular weight excluding hydrogens is 230 g/mol. The van der Waals surface area contributed by atoms with Crippen molar-refractivity contribution in [3.63, 3.8) is 0 Å². The Morgan fingerprint density at radius 1 is 1.11 bits per heavy atom. The van der Waals surface area contributed by atoms with Gasteiger partial charge in [0, 0.05) is 0 Å². The summed E-state index contributed by atoms with van der Waals surface area (Å²) in [5, 5.41) is 3.33. The molecule has 1 aromatic rings. The predicted molar refractivity (Wildman–Crippen MR) is 83.7 cm³/mol. The van der Waals surface area contributed by atoms with Gasteiger partial charge >= 0.3 is 0 Å². The van der Waals surface area contributed by atoms with E-state index in [0.29, 0.717) is 0 Å². The Morgan fingerprint density at radius 3 is 2.37 bits per heavy atom. The summed E-state index contributed by atoms with van der Waals surface area (Å²) in [6.07, 6.45) is 9.62. The molecule has 106 valence electrons. The summed E-state index contributed by atoms with van der Waals surface area (Å²) < 4.78 is 0. The molecule has 1 atom stereocenters. The highest BCUT2D eigenvalue weighted by atomic mass is 14.8. The van der Waals surface area contributed by atoms with E-state index in [4.69, 9.17) is 0 Å². The molecule has 0 amide bonds. The molecule has 2 rings (SSSR count). The molecule has 1 nitrogen and oxygen atoms in total. The van der Waals surface area contributed by atoms with E-state index in [1.54, 1.807) is 5.56 Å². The highest BCUT2D eigenvalue weighted by molar-refractivity contribution is 5.26. The van der Waals surface area contributed by atoms with Gasteiger partial charge in [-0.1, -0.05) is 50.5 Å². The van der Waals surface area contributed by atoms with Crippen molar-refractivity contribution >= 4 is 0 Å². The molecule has 1 heteroatoms. The number of hydrogen-bond acceptors (Lipinski definition) is 1. The van der Waals surface area contributed by atoms with Crippen LogP contribution in [-0.4, -0.2) is 13.6 Å². The largest absolute Gasteiger partial charge is 0.320 e. The Morgan fingerprint density at radius 2 is 1.79 bits per heavy atom. The third-order valence-electron chi connectivity index (χ3n) is 4.74. The molecule has 0 aliphatic heterocycles. The Labute approximate surface area is 118 Å². The average Bonchev–Trinajstić information content (AvgIpc) is 2.49. The normalized spacial score (nSPS) is 18.4. The molecule has 1 unspecified atom stereocenters. The summed E-state index contributed by atoms with van der Waals surface area (Å²) in [6, 6.07) is 9.41. The molecular formula is C18H29N. The second-order valence-electron chi connectivity index (χ2n) is 5.99. The zero-order chi connectivity index (χ0) is 13.5. The van der Waals surface area contributed by atoms with Gasteiger partial charge < -0.3 is 5.32 Å². The minimum atomic E-state index is 0.763. The van der Waals surface area contributed by atoms with E-state index in [1.807, 2.05) is 0 Å². The lowest BCUT2D eigenvalue weighted by molar-refractivity contribution is 0.293. The molecule has 0 saturated heterocycles. The molecule has 1 aliphatic rings. The second kappa shape index (κ2) is 7.69. The van der Waals surface area contributed by atoms with Crippen LogP contribution in [0.25, 0.3) is 0 Å². The first-order chi connectivity index (χ1) is 9.35. The van der Waals surface area contributed by atoms with E-state index in [2.05, 4.69) is 43.6 Å². The van der Waals surface area contributed by atoms with E-state index in [1.165, 1.54) is 44.1 Å². The van der Waals surface area contributed by atoms with Crippen molar-refractivity contribution in [1.82, 2.24) is 5.32 Å². The topological polar surface area (TPSA) is 12.0 Å². The van der Waals surface area contributed by atoms with Crippen molar-refractivity contribution in [1.29, 1.82) is 0 Å². The van der Waals surface area contributed by atoms with Crippen molar-refractivity contribution in [2.45, 2.75) is 57.8 Å². The Hall–Kier alpha value is -0.820. The molecule has 0 bridgehead atoms. The van der Waals surface area contributed by atoms with Crippen LogP contribution in [0.2, 0.25) is 0 Å². The van der Waals surface area contributed by atoms with Crippen LogP contribution in [0.4, 0.5) is 0 Å². The minimum Gasteiger partial charge on any atom is -0.320 e. The first-order valence-corrected chi connectivity index (χ1v) is 8.08. The summed E-state index contributed by atoms with van der Waals surface area (Å²) >= 11 is 0. The van der Waals surface area contributed by atoms with Gasteiger partial charge in [0.15, 0.2) is 0 Å². The van der Waals surface area contributed by atoms with E-state index in [9.17, 15) is 0 Å². The van der Waals surface area contributed by atoms with Gasteiger partial charge in [-0.05, 0) is 62.2 Å². The van der Waals surface area contributed by atoms with Gasteiger partial charge in [-0.2, -0.15) is 0 Å². The second-order valence-corrected chi connectivity index (χ2v) is 5.99. The van der Waals surface area contributed by atoms with Crippen molar-refractivity contribution in [3.05, 3.63) is 35.4 Å². The monoisotopic (exact) mass is 259 g/mol. The van der Waals surface area contributed by atoms with Crippen molar-refractivity contribution in [3.8, 4) is 0 Å². The highest BCUT2D eigenvalue weighted by Crippen LogP contribution is 2.38. The van der Waals surface area contributed by atoms with E-state index >= 15 is 0 Å². The van der Waals surface area contributed by atoms with Gasteiger partial charge in [0.25, 0.3) is 0 Å². The highest BCUT2D eigenvalue weighted by Gasteiger charge is 2.24. The fourth-order valence-corrected chi connectivity index (χ4v) is 3.51. The smallest absolute Gasteiger partial charge is 0.00460 e. The fraction of sp³-hybridized carbons (Fsp3) is 0.667. The maximum Gasteiger partial charge on any atom is -0.00460 e. The van der Waals surface area contributed by atoms with Crippen LogP contribution in [0.15, 0.2) is 24.3 Å². The number of benzene rings is 1. The van der Waals surface area contributed by atoms with Crippen LogP contribution in [0.5, 0.6) is 0 Å². The molecule has 0 heterocycles. The summed E-state index contributed by atoms with van der Waals surface area (Å²) in [5.74, 6) is 1.67. The molecule has 1 saturated carbocycles. The predicted octanol–water partition coefficient (Wildman–Crippen LogP) is 4.52. The number of hydrogen-bond donors (Lipinski definition) is 1. The van der Waals surface area contributed by atoms with Gasteiger partial charge in [0.2, 0.25) is 0 Å². The summed E-state index contributed by atoms with van der Waals surface area (Å²) in [5.41, 5.74) is 3.03. The van der Waals surface area contributed by atoms with E-state index in [-0.39, 0.29) is 0 Å². The summed E-state index contributed by atoms with van der Waals surface area (Å²) in [6.45, 7) is 3.37. The van der Waals surface area contributed by atoms with Crippen molar-refractivity contribution in [2.75, 3.05) is 13.6 Å². The first-order valence-electron chi connectivity index (χ1n) is 8.08. The summed E-state index contributed by atoms with van der Waals surface area (Å²) in [4.78, 5) is 0. The molecule has 0 aromatic heterocycles. The van der Waals surface area contributed by atoms with Crippen LogP contribution >= 0.6 is 0 Å². The maximum atomic E-state index is 3.33. The Bertz CT molecular complexity index is 348. The molecule has 1 fully saturated rings. The lowest BCUT2D eigenvalue weighted by Crippen LogP contribution is -2.21. The van der Waals surface area contributed by atoms with Crippen molar-refractivity contribution < 1.29 is 0 Å². The Balaban J connectivity index is 2.10. The molecule has 0 radical (unpaired) electrons. The minimum absolute atomic E-state index is 0.763. The van der Waals surface area contributed by atoms with E-state index in [0.717, 1.165) is 24.8 Å². The maximum absolute atomic E-state index is 3.33. The summed E-state index contributed by atoms with van der Waals surface area (Å²) in [7, 11) is 2.07. The zero-order valence-corrected chi connectivity index (χ0v) is 12.6. The zero-order valence-electron chi connectivity index (χ0n) is 12.6. The standard InChI is InChI=1S/C18H29N/c1-3-15-9-11-17(12-10-15)18(13-14-19-2)16-7-5-4-6-8-16/h9-12,16,18-19H,3-8,13-14H2,1-2H3. The fourth-order valence-electron chi connectivity index (χ4n) is 3.51. The molecule has 1 N–H and O–H groups in total. The molecule has 1 aromatic carbocycles. The number of aryl methyl sites for hydroxylation is 1. The van der Waals surface area contributed by atoms with Crippen LogP contribution in [0.1, 0.15) is 62.5 Å². The van der Waals surface area contributed by atoms with Gasteiger partial charge in [0.05, 0.1) is 0 Å². The SMILES string of the molecule is CCc1ccc(C(CCNC)C2CCCCC2)cc1. The number of rotatable bonds is 6. The first kappa shape index (κ1) is 14.6. The van der Waals surface area contributed by atoms with Gasteiger partial charge in [-0.3, -0.25) is 0 Å². The van der Waals surface area contributed by atoms with Gasteiger partial charge in [-0.25, -0.2) is 0 Å². The Kier molecular flexibility index (Phi) is 5.91. The quantitative estimate of drug-likeness (QED) is 0.792. The molecule has 1 aliphatic carbocycles. The van der Waals surface area contributed by atoms with Crippen LogP contribution in [-0.2, 0) is 6.42 Å². The van der Waals surface area contributed by atoms with Gasteiger partial charge in [0.1, 0.15) is 0 Å². The van der Waals surface area contributed by atoms with Crippen LogP contribution in [0, 0.1) is 5.92 Å². The lowest BCUT2D eigenvalue weighted by atomic mass is 9.75. The van der Waals surface area contributed by atoms with Crippen LogP contribution in [0.3, 0.4) is 0 Å². The van der Waals surface area contributed by atoms with Gasteiger partial charge in [-0.15, -0.1) is 0 Å². The molecule has 19 heavy (non-hydrogen) atoms. The third kappa shape index (κ3) is 4.07. The molecule has 0 spiro atoms.